The van der Waals surface area contributed by atoms with Crippen LogP contribution in [0.5, 0.6) is 0 Å². The van der Waals surface area contributed by atoms with Gasteiger partial charge in [0.25, 0.3) is 0 Å². The van der Waals surface area contributed by atoms with Crippen molar-refractivity contribution in [2.45, 2.75) is 43.8 Å². The minimum Gasteiger partial charge on any atom is -0.481 e. The van der Waals surface area contributed by atoms with Gasteiger partial charge in [-0.05, 0) is 29.7 Å². The SMILES string of the molecule is NCC(=O)NC(Cc1c[nH]c2ccccc12)C(=O)NC(CCC(=O)O)C(=O)NC(Cc1c[nH]c2ccccc12)C(=O)O. The fourth-order valence-electron chi connectivity index (χ4n) is 4.78. The summed E-state index contributed by atoms with van der Waals surface area (Å²) in [7, 11) is 0. The molecule has 0 fully saturated rings. The Morgan fingerprint density at radius 2 is 1.21 bits per heavy atom. The first-order valence-electron chi connectivity index (χ1n) is 13.3. The number of aromatic nitrogens is 2. The summed E-state index contributed by atoms with van der Waals surface area (Å²) in [5.41, 5.74) is 8.46. The molecule has 0 aliphatic rings. The van der Waals surface area contributed by atoms with Crippen LogP contribution in [0.15, 0.2) is 60.9 Å². The predicted octanol–water partition coefficient (Wildman–Crippen LogP) is 0.797. The van der Waals surface area contributed by atoms with E-state index < -0.39 is 54.2 Å². The minimum absolute atomic E-state index is 0.0488. The van der Waals surface area contributed by atoms with E-state index in [0.717, 1.165) is 27.4 Å². The Kier molecular flexibility index (Phi) is 9.55. The molecule has 2 heterocycles. The number of nitrogens with two attached hydrogens (primary N) is 1. The topological polar surface area (TPSA) is 219 Å². The second kappa shape index (κ2) is 13.5. The summed E-state index contributed by atoms with van der Waals surface area (Å²) in [6.07, 6.45) is 2.58. The van der Waals surface area contributed by atoms with Crippen molar-refractivity contribution < 1.29 is 34.2 Å². The number of amides is 3. The number of aliphatic carboxylic acids is 2. The van der Waals surface area contributed by atoms with Crippen LogP contribution in [0.25, 0.3) is 21.8 Å². The van der Waals surface area contributed by atoms with Gasteiger partial charge in [-0.25, -0.2) is 4.79 Å². The van der Waals surface area contributed by atoms with E-state index in [1.807, 2.05) is 48.5 Å². The maximum atomic E-state index is 13.4. The summed E-state index contributed by atoms with van der Waals surface area (Å²) in [5, 5.41) is 28.2. The number of hydrogen-bond donors (Lipinski definition) is 8. The second-order valence-corrected chi connectivity index (χ2v) is 9.84. The van der Waals surface area contributed by atoms with Crippen LogP contribution in [0.2, 0.25) is 0 Å². The predicted molar refractivity (Wildman–Crippen MR) is 153 cm³/mol. The van der Waals surface area contributed by atoms with Crippen LogP contribution in [-0.4, -0.2) is 74.5 Å². The molecule has 0 saturated carbocycles. The summed E-state index contributed by atoms with van der Waals surface area (Å²) in [4.78, 5) is 68.4. The Labute approximate surface area is 239 Å². The number of carboxylic acids is 2. The molecule has 0 saturated heterocycles. The van der Waals surface area contributed by atoms with Crippen LogP contribution in [0.3, 0.4) is 0 Å². The van der Waals surface area contributed by atoms with Gasteiger partial charge in [0, 0.05) is 53.5 Å². The molecule has 220 valence electrons. The first-order chi connectivity index (χ1) is 20.2. The number of hydrogen-bond acceptors (Lipinski definition) is 6. The molecule has 3 atom stereocenters. The molecule has 0 radical (unpaired) electrons. The van der Waals surface area contributed by atoms with Gasteiger partial charge in [0.15, 0.2) is 0 Å². The number of nitrogens with one attached hydrogen (secondary N) is 5. The Bertz CT molecular complexity index is 1610. The highest BCUT2D eigenvalue weighted by molar-refractivity contribution is 5.95. The summed E-state index contributed by atoms with van der Waals surface area (Å²) >= 11 is 0. The van der Waals surface area contributed by atoms with Crippen molar-refractivity contribution in [1.29, 1.82) is 0 Å². The first kappa shape index (κ1) is 29.8. The van der Waals surface area contributed by atoms with E-state index in [1.54, 1.807) is 12.4 Å². The lowest BCUT2D eigenvalue weighted by Crippen LogP contribution is -2.57. The van der Waals surface area contributed by atoms with Crippen LogP contribution in [0.4, 0.5) is 0 Å². The molecule has 0 spiro atoms. The minimum atomic E-state index is -1.39. The lowest BCUT2D eigenvalue weighted by Gasteiger charge is -2.24. The average molecular weight is 577 g/mol. The molecule has 2 aromatic carbocycles. The average Bonchev–Trinajstić information content (AvgIpc) is 3.58. The van der Waals surface area contributed by atoms with E-state index in [4.69, 9.17) is 5.73 Å². The van der Waals surface area contributed by atoms with Gasteiger partial charge in [-0.2, -0.15) is 0 Å². The van der Waals surface area contributed by atoms with Crippen molar-refractivity contribution in [2.24, 2.45) is 5.73 Å². The molecule has 42 heavy (non-hydrogen) atoms. The molecular formula is C29H32N6O7. The van der Waals surface area contributed by atoms with Crippen molar-refractivity contribution in [3.63, 3.8) is 0 Å². The fourth-order valence-corrected chi connectivity index (χ4v) is 4.78. The number of carboxylic acid groups (broad SMARTS) is 2. The first-order valence-corrected chi connectivity index (χ1v) is 13.3. The Balaban J connectivity index is 1.52. The second-order valence-electron chi connectivity index (χ2n) is 9.84. The Morgan fingerprint density at radius 1 is 0.714 bits per heavy atom. The molecule has 0 aliphatic carbocycles. The van der Waals surface area contributed by atoms with Gasteiger partial charge >= 0.3 is 11.9 Å². The summed E-state index contributed by atoms with van der Waals surface area (Å²) < 4.78 is 0. The third kappa shape index (κ3) is 7.31. The largest absolute Gasteiger partial charge is 0.481 e. The summed E-state index contributed by atoms with van der Waals surface area (Å²) in [6.45, 7) is -0.380. The molecule has 0 bridgehead atoms. The molecule has 4 aromatic rings. The number of fused-ring (bicyclic) bond motifs is 2. The van der Waals surface area contributed by atoms with E-state index in [-0.39, 0.29) is 25.8 Å². The molecule has 0 aliphatic heterocycles. The molecule has 4 rings (SSSR count). The van der Waals surface area contributed by atoms with Crippen LogP contribution in [0, 0.1) is 0 Å². The van der Waals surface area contributed by atoms with E-state index in [1.165, 1.54) is 0 Å². The van der Waals surface area contributed by atoms with E-state index in [9.17, 15) is 34.2 Å². The summed E-state index contributed by atoms with van der Waals surface area (Å²) in [6, 6.07) is 10.8. The molecule has 2 aromatic heterocycles. The van der Waals surface area contributed by atoms with Gasteiger partial charge in [0.05, 0.1) is 6.54 Å². The molecule has 9 N–H and O–H groups in total. The molecule has 13 heteroatoms. The lowest BCUT2D eigenvalue weighted by molar-refractivity contribution is -0.143. The molecule has 3 unspecified atom stereocenters. The zero-order valence-corrected chi connectivity index (χ0v) is 22.6. The van der Waals surface area contributed by atoms with Crippen LogP contribution >= 0.6 is 0 Å². The number of aromatic amines is 2. The normalized spacial score (nSPS) is 13.3. The zero-order chi connectivity index (χ0) is 30.2. The smallest absolute Gasteiger partial charge is 0.326 e. The zero-order valence-electron chi connectivity index (χ0n) is 22.6. The lowest BCUT2D eigenvalue weighted by atomic mass is 10.0. The number of carbonyl (C=O) groups excluding carboxylic acids is 3. The summed E-state index contributed by atoms with van der Waals surface area (Å²) in [5.74, 6) is -4.73. The fraction of sp³-hybridized carbons (Fsp3) is 0.276. The monoisotopic (exact) mass is 576 g/mol. The van der Waals surface area contributed by atoms with Crippen molar-refractivity contribution in [3.05, 3.63) is 72.1 Å². The van der Waals surface area contributed by atoms with Crippen molar-refractivity contribution in [3.8, 4) is 0 Å². The third-order valence-corrected chi connectivity index (χ3v) is 6.93. The number of H-pyrrole nitrogens is 2. The number of rotatable bonds is 14. The maximum Gasteiger partial charge on any atom is 0.326 e. The van der Waals surface area contributed by atoms with Crippen molar-refractivity contribution in [1.82, 2.24) is 25.9 Å². The van der Waals surface area contributed by atoms with Crippen molar-refractivity contribution in [2.75, 3.05) is 6.54 Å². The molecular weight excluding hydrogens is 544 g/mol. The quantitative estimate of drug-likeness (QED) is 0.107. The van der Waals surface area contributed by atoms with Gasteiger partial charge in [-0.15, -0.1) is 0 Å². The number of para-hydroxylation sites is 2. The van der Waals surface area contributed by atoms with Crippen molar-refractivity contribution >= 4 is 51.5 Å². The van der Waals surface area contributed by atoms with Gasteiger partial charge in [0.2, 0.25) is 17.7 Å². The van der Waals surface area contributed by atoms with E-state index >= 15 is 0 Å². The van der Waals surface area contributed by atoms with Gasteiger partial charge in [-0.1, -0.05) is 36.4 Å². The molecule has 13 nitrogen and oxygen atoms in total. The molecule has 3 amide bonds. The highest BCUT2D eigenvalue weighted by Gasteiger charge is 2.31. The highest BCUT2D eigenvalue weighted by Crippen LogP contribution is 2.20. The van der Waals surface area contributed by atoms with Crippen LogP contribution in [-0.2, 0) is 36.8 Å². The van der Waals surface area contributed by atoms with Gasteiger partial charge in [0.1, 0.15) is 18.1 Å². The number of carbonyl (C=O) groups is 5. The Hall–Kier alpha value is -5.17. The van der Waals surface area contributed by atoms with E-state index in [2.05, 4.69) is 25.9 Å². The Morgan fingerprint density at radius 3 is 1.74 bits per heavy atom. The van der Waals surface area contributed by atoms with Crippen LogP contribution in [0.1, 0.15) is 24.0 Å². The van der Waals surface area contributed by atoms with Gasteiger partial charge < -0.3 is 41.9 Å². The standard InChI is InChI=1S/C29H32N6O7/c30-13-25(36)33-23(11-16-14-31-20-7-3-1-5-18(16)20)28(40)34-22(9-10-26(37)38)27(39)35-24(29(41)42)12-17-15-32-21-8-4-2-6-19(17)21/h1-8,14-15,22-24,31-32H,9-13,30H2,(H,33,36)(H,34,40)(H,35,39)(H,37,38)(H,41,42). The van der Waals surface area contributed by atoms with Crippen LogP contribution < -0.4 is 21.7 Å². The number of benzene rings is 2. The van der Waals surface area contributed by atoms with Gasteiger partial charge in [-0.3, -0.25) is 19.2 Å². The third-order valence-electron chi connectivity index (χ3n) is 6.93. The van der Waals surface area contributed by atoms with E-state index in [0.29, 0.717) is 5.56 Å². The maximum absolute atomic E-state index is 13.4. The highest BCUT2D eigenvalue weighted by atomic mass is 16.4.